The largest absolute Gasteiger partial charge is 0.372 e. The molecule has 0 aliphatic carbocycles. The Morgan fingerprint density at radius 3 is 2.17 bits per heavy atom. The second-order valence-electron chi connectivity index (χ2n) is 5.93. The number of hydrogen-bond acceptors (Lipinski definition) is 6. The Hall–Kier alpha value is -1.85. The van der Waals surface area contributed by atoms with Crippen LogP contribution in [0.3, 0.4) is 0 Å². The summed E-state index contributed by atoms with van der Waals surface area (Å²) >= 11 is 6.36. The van der Waals surface area contributed by atoms with Crippen molar-refractivity contribution in [3.63, 3.8) is 0 Å². The molecule has 0 aliphatic rings. The number of anilines is 2. The minimum Gasteiger partial charge on any atom is -0.372 e. The van der Waals surface area contributed by atoms with Crippen molar-refractivity contribution in [2.45, 2.75) is 25.7 Å². The van der Waals surface area contributed by atoms with Crippen LogP contribution in [0.5, 0.6) is 0 Å². The second kappa shape index (κ2) is 9.77. The number of azo groups is 1. The van der Waals surface area contributed by atoms with Crippen molar-refractivity contribution in [1.29, 1.82) is 0 Å². The maximum atomic E-state index is 13.2. The van der Waals surface area contributed by atoms with Gasteiger partial charge in [0.15, 0.2) is 0 Å². The fraction of sp³-hybridized carbons (Fsp3) is 0.278. The maximum Gasteiger partial charge on any atom is 0.332 e. The lowest BCUT2D eigenvalue weighted by Gasteiger charge is -2.22. The van der Waals surface area contributed by atoms with Crippen LogP contribution in [0, 0.1) is 0 Å². The highest BCUT2D eigenvalue weighted by molar-refractivity contribution is 9.11. The van der Waals surface area contributed by atoms with Crippen molar-refractivity contribution in [3.8, 4) is 0 Å². The molecule has 0 atom stereocenters. The lowest BCUT2D eigenvalue weighted by atomic mass is 10.2. The van der Waals surface area contributed by atoms with E-state index in [0.29, 0.717) is 11.4 Å². The molecule has 1 amide bonds. The molecular weight excluding hydrogens is 531 g/mol. The normalized spacial score (nSPS) is 11.7. The number of amides is 1. The Labute approximate surface area is 185 Å². The smallest absolute Gasteiger partial charge is 0.332 e. The molecule has 1 N–H and O–H groups in total. The van der Waals surface area contributed by atoms with E-state index in [1.807, 2.05) is 26.0 Å². The highest BCUT2D eigenvalue weighted by atomic mass is 79.9. The summed E-state index contributed by atoms with van der Waals surface area (Å²) in [6, 6.07) is 7.62. The Morgan fingerprint density at radius 2 is 1.69 bits per heavy atom. The number of hydrogen-bond donors (Lipinski definition) is 1. The predicted molar refractivity (Wildman–Crippen MR) is 119 cm³/mol. The third kappa shape index (κ3) is 6.06. The Kier molecular flexibility index (Phi) is 7.89. The summed E-state index contributed by atoms with van der Waals surface area (Å²) in [5.74, 6) is -0.252. The third-order valence-corrected chi connectivity index (χ3v) is 5.96. The topological polar surface area (TPSA) is 91.2 Å². The first-order valence-electron chi connectivity index (χ1n) is 8.58. The molecule has 0 saturated carbocycles. The number of nitrogens with zero attached hydrogens (tertiary/aromatic N) is 3. The van der Waals surface area contributed by atoms with Gasteiger partial charge in [-0.3, -0.25) is 4.79 Å². The van der Waals surface area contributed by atoms with E-state index < -0.39 is 15.1 Å². The van der Waals surface area contributed by atoms with Crippen molar-refractivity contribution in [2.75, 3.05) is 23.3 Å². The van der Waals surface area contributed by atoms with E-state index in [9.17, 15) is 17.1 Å². The first kappa shape index (κ1) is 23.4. The molecule has 0 heterocycles. The van der Waals surface area contributed by atoms with Crippen LogP contribution in [0.25, 0.3) is 0 Å². The van der Waals surface area contributed by atoms with Crippen molar-refractivity contribution in [1.82, 2.24) is 0 Å². The molecule has 11 heteroatoms. The summed E-state index contributed by atoms with van der Waals surface area (Å²) in [5, 5.41) is 11.1. The molecule has 156 valence electrons. The van der Waals surface area contributed by atoms with Gasteiger partial charge in [-0.25, -0.2) is 0 Å². The lowest BCUT2D eigenvalue weighted by Crippen LogP contribution is -2.21. The number of benzene rings is 2. The Balaban J connectivity index is 2.47. The van der Waals surface area contributed by atoms with Gasteiger partial charge in [0.2, 0.25) is 5.91 Å². The van der Waals surface area contributed by atoms with Gasteiger partial charge in [0, 0.05) is 34.6 Å². The molecule has 29 heavy (non-hydrogen) atoms. The first-order chi connectivity index (χ1) is 13.6. The highest BCUT2D eigenvalue weighted by Gasteiger charge is 2.17. The van der Waals surface area contributed by atoms with E-state index >= 15 is 0 Å². The van der Waals surface area contributed by atoms with Crippen LogP contribution in [0.4, 0.5) is 26.6 Å². The fourth-order valence-corrected chi connectivity index (χ4v) is 4.73. The molecular formula is C18H19Br2FN4O3S. The third-order valence-electron chi connectivity index (χ3n) is 3.95. The minimum absolute atomic E-state index is 0.243. The van der Waals surface area contributed by atoms with E-state index in [2.05, 4.69) is 52.3 Å². The van der Waals surface area contributed by atoms with Crippen LogP contribution in [-0.4, -0.2) is 27.4 Å². The van der Waals surface area contributed by atoms with Gasteiger partial charge in [-0.15, -0.1) is 14.1 Å². The summed E-state index contributed by atoms with van der Waals surface area (Å²) in [7, 11) is -4.85. The number of halogens is 3. The standard InChI is InChI=1S/C18H19Br2FN4O3S/c1-4-25(5-2)12-6-7-16(17(8-12)22-11(3)26)23-24-18-14(19)9-13(10-15(18)20)29(21,27)28/h6-10H,4-5H2,1-3H3,(H,22,26). The van der Waals surface area contributed by atoms with Gasteiger partial charge in [-0.2, -0.15) is 8.42 Å². The van der Waals surface area contributed by atoms with Crippen LogP contribution < -0.4 is 10.2 Å². The van der Waals surface area contributed by atoms with Crippen LogP contribution in [0.1, 0.15) is 20.8 Å². The number of nitrogens with one attached hydrogen (secondary N) is 1. The molecule has 2 rings (SSSR count). The van der Waals surface area contributed by atoms with Crippen molar-refractivity contribution in [2.24, 2.45) is 10.2 Å². The van der Waals surface area contributed by atoms with Crippen LogP contribution >= 0.6 is 31.9 Å². The molecule has 2 aromatic rings. The van der Waals surface area contributed by atoms with E-state index in [1.54, 1.807) is 6.07 Å². The summed E-state index contributed by atoms with van der Waals surface area (Å²) in [4.78, 5) is 13.2. The van der Waals surface area contributed by atoms with Gasteiger partial charge in [0.05, 0.1) is 5.69 Å². The number of carbonyl (C=O) groups is 1. The Morgan fingerprint density at radius 1 is 1.10 bits per heavy atom. The SMILES string of the molecule is CCN(CC)c1ccc(N=Nc2c(Br)cc(S(=O)(=O)F)cc2Br)c(NC(C)=O)c1. The first-order valence-corrected chi connectivity index (χ1v) is 11.6. The molecule has 0 fully saturated rings. The minimum atomic E-state index is -4.85. The van der Waals surface area contributed by atoms with Gasteiger partial charge in [-0.1, -0.05) is 0 Å². The van der Waals surface area contributed by atoms with Gasteiger partial charge >= 0.3 is 10.2 Å². The van der Waals surface area contributed by atoms with E-state index in [0.717, 1.165) is 30.9 Å². The van der Waals surface area contributed by atoms with Gasteiger partial charge in [0.25, 0.3) is 0 Å². The molecule has 7 nitrogen and oxygen atoms in total. The van der Waals surface area contributed by atoms with Crippen molar-refractivity contribution < 1.29 is 17.1 Å². The van der Waals surface area contributed by atoms with Crippen LogP contribution in [-0.2, 0) is 15.0 Å². The van der Waals surface area contributed by atoms with Crippen LogP contribution in [0.15, 0.2) is 54.4 Å². The molecule has 2 aromatic carbocycles. The zero-order valence-electron chi connectivity index (χ0n) is 15.9. The number of rotatable bonds is 7. The van der Waals surface area contributed by atoms with Gasteiger partial charge < -0.3 is 10.2 Å². The monoisotopic (exact) mass is 548 g/mol. The molecule has 0 aromatic heterocycles. The number of carbonyl (C=O) groups excluding carboxylic acids is 1. The van der Waals surface area contributed by atoms with E-state index in [4.69, 9.17) is 0 Å². The molecule has 0 bridgehead atoms. The average molecular weight is 550 g/mol. The summed E-state index contributed by atoms with van der Waals surface area (Å²) < 4.78 is 35.9. The summed E-state index contributed by atoms with van der Waals surface area (Å²) in [6.07, 6.45) is 0. The summed E-state index contributed by atoms with van der Waals surface area (Å²) in [6.45, 7) is 7.08. The lowest BCUT2D eigenvalue weighted by molar-refractivity contribution is -0.114. The average Bonchev–Trinajstić information content (AvgIpc) is 2.62. The van der Waals surface area contributed by atoms with Crippen molar-refractivity contribution >= 4 is 70.7 Å². The highest BCUT2D eigenvalue weighted by Crippen LogP contribution is 2.39. The zero-order valence-corrected chi connectivity index (χ0v) is 19.9. The molecule has 0 aliphatic heterocycles. The maximum absolute atomic E-state index is 13.2. The Bertz CT molecular complexity index is 1030. The molecule has 0 saturated heterocycles. The van der Waals surface area contributed by atoms with Gasteiger partial charge in [0.1, 0.15) is 16.3 Å². The second-order valence-corrected chi connectivity index (χ2v) is 8.98. The molecule has 0 radical (unpaired) electrons. The molecule has 0 unspecified atom stereocenters. The van der Waals surface area contributed by atoms with E-state index in [-0.39, 0.29) is 20.5 Å². The predicted octanol–water partition coefficient (Wildman–Crippen LogP) is 6.09. The molecule has 0 spiro atoms. The van der Waals surface area contributed by atoms with Gasteiger partial charge in [-0.05, 0) is 76.0 Å². The zero-order chi connectivity index (χ0) is 21.8. The van der Waals surface area contributed by atoms with E-state index in [1.165, 1.54) is 6.92 Å². The quantitative estimate of drug-likeness (QED) is 0.334. The van der Waals surface area contributed by atoms with Crippen molar-refractivity contribution in [3.05, 3.63) is 39.3 Å². The summed E-state index contributed by atoms with van der Waals surface area (Å²) in [5.41, 5.74) is 2.11. The fourth-order valence-electron chi connectivity index (χ4n) is 2.57. The van der Waals surface area contributed by atoms with Crippen LogP contribution in [0.2, 0.25) is 0 Å².